The zero-order chi connectivity index (χ0) is 10.7. The molecule has 0 amide bonds. The highest BCUT2D eigenvalue weighted by Gasteiger charge is 2.10. The minimum atomic E-state index is 0.608. The fraction of sp³-hybridized carbons (Fsp3) is 0.364. The van der Waals surface area contributed by atoms with Crippen LogP contribution < -0.4 is 5.73 Å². The van der Waals surface area contributed by atoms with Crippen molar-refractivity contribution in [1.82, 2.24) is 4.98 Å². The van der Waals surface area contributed by atoms with Crippen LogP contribution in [0.2, 0.25) is 0 Å². The van der Waals surface area contributed by atoms with Gasteiger partial charge in [-0.25, -0.2) is 4.98 Å². The minimum absolute atomic E-state index is 0.608. The predicted molar refractivity (Wildman–Crippen MR) is 67.3 cm³/mol. The number of hydrogen-bond donors (Lipinski definition) is 1. The molecular formula is C11H14N2S2. The molecule has 2 nitrogen and oxygen atoms in total. The fourth-order valence-corrected chi connectivity index (χ4v) is 3.18. The van der Waals surface area contributed by atoms with E-state index in [0.717, 1.165) is 17.8 Å². The number of nitrogens with zero attached hydrogens (tertiary/aromatic N) is 1. The molecule has 15 heavy (non-hydrogen) atoms. The van der Waals surface area contributed by atoms with Crippen LogP contribution in [-0.4, -0.2) is 4.98 Å². The van der Waals surface area contributed by atoms with E-state index in [2.05, 4.69) is 28.7 Å². The fourth-order valence-electron chi connectivity index (χ4n) is 1.48. The number of aromatic nitrogens is 1. The zero-order valence-corrected chi connectivity index (χ0v) is 10.3. The Morgan fingerprint density at radius 3 is 2.93 bits per heavy atom. The van der Waals surface area contributed by atoms with Gasteiger partial charge in [0.05, 0.1) is 5.69 Å². The van der Waals surface area contributed by atoms with Gasteiger partial charge in [-0.3, -0.25) is 0 Å². The van der Waals surface area contributed by atoms with E-state index in [1.165, 1.54) is 16.1 Å². The Hall–Kier alpha value is -0.710. The number of aryl methyl sites for hydroxylation is 1. The maximum Gasteiger partial charge on any atom is 0.124 e. The van der Waals surface area contributed by atoms with Crippen LogP contribution in [0.5, 0.6) is 0 Å². The van der Waals surface area contributed by atoms with Gasteiger partial charge in [-0.05, 0) is 17.9 Å². The molecule has 0 spiro atoms. The Labute approximate surface area is 97.8 Å². The van der Waals surface area contributed by atoms with Crippen LogP contribution in [0.15, 0.2) is 16.8 Å². The maximum atomic E-state index is 5.72. The summed E-state index contributed by atoms with van der Waals surface area (Å²) in [6.45, 7) is 2.78. The molecule has 0 saturated heterocycles. The second-order valence-electron chi connectivity index (χ2n) is 3.36. The van der Waals surface area contributed by atoms with Gasteiger partial charge in [0.15, 0.2) is 0 Å². The van der Waals surface area contributed by atoms with E-state index in [1.54, 1.807) is 22.7 Å². The average Bonchev–Trinajstić information content (AvgIpc) is 2.84. The number of rotatable bonds is 4. The summed E-state index contributed by atoms with van der Waals surface area (Å²) in [6, 6.07) is 2.11. The Bertz CT molecular complexity index is 418. The van der Waals surface area contributed by atoms with Crippen LogP contribution in [-0.2, 0) is 13.0 Å². The standard InChI is InChI=1S/C11H14N2S2/c1-2-3-9-10(6-12)15-11(13-9)8-4-5-14-7-8/h4-5,7H,2-3,6,12H2,1H3. The number of thiophene rings is 1. The van der Waals surface area contributed by atoms with Gasteiger partial charge in [0, 0.05) is 22.4 Å². The van der Waals surface area contributed by atoms with Crippen LogP contribution >= 0.6 is 22.7 Å². The molecule has 2 aromatic rings. The molecule has 0 atom stereocenters. The molecule has 2 aromatic heterocycles. The normalized spacial score (nSPS) is 10.8. The third kappa shape index (κ3) is 2.27. The highest BCUT2D eigenvalue weighted by atomic mass is 32.1. The van der Waals surface area contributed by atoms with Gasteiger partial charge >= 0.3 is 0 Å². The Balaban J connectivity index is 2.34. The van der Waals surface area contributed by atoms with E-state index in [4.69, 9.17) is 5.73 Å². The Morgan fingerprint density at radius 1 is 1.47 bits per heavy atom. The number of hydrogen-bond acceptors (Lipinski definition) is 4. The largest absolute Gasteiger partial charge is 0.326 e. The quantitative estimate of drug-likeness (QED) is 0.887. The van der Waals surface area contributed by atoms with Crippen LogP contribution in [0.25, 0.3) is 10.6 Å². The van der Waals surface area contributed by atoms with Crippen molar-refractivity contribution in [3.63, 3.8) is 0 Å². The molecule has 4 heteroatoms. The first-order chi connectivity index (χ1) is 7.35. The lowest BCUT2D eigenvalue weighted by molar-refractivity contribution is 0.872. The molecule has 0 aliphatic heterocycles. The molecule has 0 aromatic carbocycles. The topological polar surface area (TPSA) is 38.9 Å². The Morgan fingerprint density at radius 2 is 2.33 bits per heavy atom. The summed E-state index contributed by atoms with van der Waals surface area (Å²) in [6.07, 6.45) is 2.16. The monoisotopic (exact) mass is 238 g/mol. The van der Waals surface area contributed by atoms with Crippen molar-refractivity contribution in [2.75, 3.05) is 0 Å². The highest BCUT2D eigenvalue weighted by molar-refractivity contribution is 7.15. The summed E-state index contributed by atoms with van der Waals surface area (Å²) >= 11 is 3.43. The van der Waals surface area contributed by atoms with E-state index >= 15 is 0 Å². The first-order valence-electron chi connectivity index (χ1n) is 5.06. The molecule has 0 saturated carbocycles. The number of nitrogens with two attached hydrogens (primary N) is 1. The SMILES string of the molecule is CCCc1nc(-c2ccsc2)sc1CN. The van der Waals surface area contributed by atoms with Crippen molar-refractivity contribution in [3.05, 3.63) is 27.4 Å². The zero-order valence-electron chi connectivity index (χ0n) is 8.69. The predicted octanol–water partition coefficient (Wildman–Crippen LogP) is 3.28. The van der Waals surface area contributed by atoms with Crippen molar-refractivity contribution < 1.29 is 0 Å². The third-order valence-corrected chi connectivity index (χ3v) is 4.07. The molecule has 0 bridgehead atoms. The highest BCUT2D eigenvalue weighted by Crippen LogP contribution is 2.29. The maximum absolute atomic E-state index is 5.72. The summed E-state index contributed by atoms with van der Waals surface area (Å²) in [5.41, 5.74) is 8.13. The molecule has 0 unspecified atom stereocenters. The van der Waals surface area contributed by atoms with Gasteiger partial charge in [-0.2, -0.15) is 11.3 Å². The molecule has 0 fully saturated rings. The van der Waals surface area contributed by atoms with Crippen LogP contribution in [0.3, 0.4) is 0 Å². The van der Waals surface area contributed by atoms with Gasteiger partial charge in [-0.1, -0.05) is 13.3 Å². The smallest absolute Gasteiger partial charge is 0.124 e. The van der Waals surface area contributed by atoms with E-state index in [0.29, 0.717) is 6.54 Å². The summed E-state index contributed by atoms with van der Waals surface area (Å²) in [5, 5.41) is 5.33. The van der Waals surface area contributed by atoms with E-state index in [-0.39, 0.29) is 0 Å². The molecule has 2 N–H and O–H groups in total. The summed E-state index contributed by atoms with van der Waals surface area (Å²) in [7, 11) is 0. The lowest BCUT2D eigenvalue weighted by Gasteiger charge is -1.94. The van der Waals surface area contributed by atoms with E-state index in [1.807, 2.05) is 0 Å². The van der Waals surface area contributed by atoms with Crippen molar-refractivity contribution in [2.24, 2.45) is 5.73 Å². The average molecular weight is 238 g/mol. The minimum Gasteiger partial charge on any atom is -0.326 e. The van der Waals surface area contributed by atoms with Gasteiger partial charge in [0.2, 0.25) is 0 Å². The van der Waals surface area contributed by atoms with Crippen LogP contribution in [0.1, 0.15) is 23.9 Å². The lowest BCUT2D eigenvalue weighted by atomic mass is 10.2. The van der Waals surface area contributed by atoms with Gasteiger partial charge in [0.1, 0.15) is 5.01 Å². The first-order valence-corrected chi connectivity index (χ1v) is 6.82. The molecular weight excluding hydrogens is 224 g/mol. The molecule has 0 aliphatic rings. The third-order valence-electron chi connectivity index (χ3n) is 2.22. The van der Waals surface area contributed by atoms with Crippen LogP contribution in [0.4, 0.5) is 0 Å². The molecule has 2 heterocycles. The molecule has 0 radical (unpaired) electrons. The van der Waals surface area contributed by atoms with Gasteiger partial charge < -0.3 is 5.73 Å². The van der Waals surface area contributed by atoms with Crippen molar-refractivity contribution in [1.29, 1.82) is 0 Å². The molecule has 0 aliphatic carbocycles. The first kappa shape index (κ1) is 10.8. The van der Waals surface area contributed by atoms with Crippen molar-refractivity contribution in [3.8, 4) is 10.6 Å². The van der Waals surface area contributed by atoms with Crippen molar-refractivity contribution >= 4 is 22.7 Å². The summed E-state index contributed by atoms with van der Waals surface area (Å²) in [4.78, 5) is 5.89. The lowest BCUT2D eigenvalue weighted by Crippen LogP contribution is -1.97. The van der Waals surface area contributed by atoms with Crippen molar-refractivity contribution in [2.45, 2.75) is 26.3 Å². The summed E-state index contributed by atoms with van der Waals surface area (Å²) < 4.78 is 0. The number of thiazole rings is 1. The van der Waals surface area contributed by atoms with E-state index < -0.39 is 0 Å². The molecule has 80 valence electrons. The second-order valence-corrected chi connectivity index (χ2v) is 5.22. The molecule has 2 rings (SSSR count). The summed E-state index contributed by atoms with van der Waals surface area (Å²) in [5.74, 6) is 0. The van der Waals surface area contributed by atoms with Gasteiger partial charge in [0.25, 0.3) is 0 Å². The second kappa shape index (κ2) is 4.88. The van der Waals surface area contributed by atoms with E-state index in [9.17, 15) is 0 Å². The Kier molecular flexibility index (Phi) is 3.51. The van der Waals surface area contributed by atoms with Crippen LogP contribution in [0, 0.1) is 0 Å². The van der Waals surface area contributed by atoms with Gasteiger partial charge in [-0.15, -0.1) is 11.3 Å².